The van der Waals surface area contributed by atoms with Crippen LogP contribution in [-0.4, -0.2) is 54.7 Å². The highest BCUT2D eigenvalue weighted by molar-refractivity contribution is 5.84. The van der Waals surface area contributed by atoms with Crippen molar-refractivity contribution >= 4 is 5.91 Å². The zero-order valence-electron chi connectivity index (χ0n) is 12.7. The largest absolute Gasteiger partial charge is 0.376 e. The normalized spacial score (nSPS) is 28.0. The van der Waals surface area contributed by atoms with E-state index < -0.39 is 5.54 Å². The van der Waals surface area contributed by atoms with Crippen LogP contribution in [0.3, 0.4) is 0 Å². The minimum Gasteiger partial charge on any atom is -0.376 e. The van der Waals surface area contributed by atoms with Crippen molar-refractivity contribution in [3.63, 3.8) is 0 Å². The van der Waals surface area contributed by atoms with Gasteiger partial charge in [0.15, 0.2) is 0 Å². The maximum atomic E-state index is 11.6. The zero-order valence-corrected chi connectivity index (χ0v) is 12.7. The molecule has 1 fully saturated rings. The summed E-state index contributed by atoms with van der Waals surface area (Å²) in [6.07, 6.45) is 2.07. The molecule has 1 aliphatic rings. The van der Waals surface area contributed by atoms with E-state index in [0.717, 1.165) is 39.1 Å². The maximum absolute atomic E-state index is 11.6. The third-order valence-corrected chi connectivity index (χ3v) is 4.06. The monoisotopic (exact) mass is 271 g/mol. The molecule has 1 aliphatic heterocycles. The van der Waals surface area contributed by atoms with Crippen molar-refractivity contribution in [3.8, 4) is 0 Å². The van der Waals surface area contributed by atoms with E-state index in [9.17, 15) is 4.79 Å². The molecule has 19 heavy (non-hydrogen) atoms. The van der Waals surface area contributed by atoms with E-state index in [2.05, 4.69) is 24.1 Å². The average molecular weight is 271 g/mol. The Kier molecular flexibility index (Phi) is 6.23. The maximum Gasteiger partial charge on any atom is 0.237 e. The summed E-state index contributed by atoms with van der Waals surface area (Å²) in [6, 6.07) is 0.454. The van der Waals surface area contributed by atoms with Crippen LogP contribution in [0, 0.1) is 0 Å². The molecular weight excluding hydrogens is 242 g/mol. The van der Waals surface area contributed by atoms with Crippen molar-refractivity contribution in [2.45, 2.75) is 58.2 Å². The first-order valence-electron chi connectivity index (χ1n) is 7.33. The molecule has 0 aromatic carbocycles. The van der Waals surface area contributed by atoms with Gasteiger partial charge in [-0.3, -0.25) is 9.69 Å². The van der Waals surface area contributed by atoms with Crippen LogP contribution in [0.2, 0.25) is 0 Å². The molecule has 0 bridgehead atoms. The fourth-order valence-electron chi connectivity index (χ4n) is 2.62. The second kappa shape index (κ2) is 7.22. The number of ether oxygens (including phenoxy) is 1. The Morgan fingerprint density at radius 1 is 1.53 bits per heavy atom. The molecule has 0 aromatic heterocycles. The van der Waals surface area contributed by atoms with Crippen LogP contribution in [0.4, 0.5) is 0 Å². The highest BCUT2D eigenvalue weighted by atomic mass is 16.5. The Labute approximate surface area is 116 Å². The van der Waals surface area contributed by atoms with Crippen LogP contribution in [0.1, 0.15) is 40.5 Å². The molecule has 3 atom stereocenters. The SMILES string of the molecule is CCNC(C)(CCN1CC(C)OCC1CC)C(N)=O. The molecule has 0 aromatic rings. The number of nitrogens with one attached hydrogen (secondary N) is 1. The number of hydrogen-bond donors (Lipinski definition) is 2. The average Bonchev–Trinajstić information content (AvgIpc) is 2.36. The molecule has 5 nitrogen and oxygen atoms in total. The van der Waals surface area contributed by atoms with Gasteiger partial charge in [-0.05, 0) is 33.2 Å². The van der Waals surface area contributed by atoms with Crippen LogP contribution in [0.5, 0.6) is 0 Å². The third-order valence-electron chi connectivity index (χ3n) is 4.06. The van der Waals surface area contributed by atoms with E-state index in [1.54, 1.807) is 0 Å². The van der Waals surface area contributed by atoms with Crippen molar-refractivity contribution in [1.82, 2.24) is 10.2 Å². The highest BCUT2D eigenvalue weighted by Gasteiger charge is 2.32. The van der Waals surface area contributed by atoms with E-state index in [4.69, 9.17) is 10.5 Å². The number of morpholine rings is 1. The first-order valence-corrected chi connectivity index (χ1v) is 7.33. The van der Waals surface area contributed by atoms with Crippen LogP contribution in [-0.2, 0) is 9.53 Å². The predicted molar refractivity (Wildman–Crippen MR) is 77.0 cm³/mol. The summed E-state index contributed by atoms with van der Waals surface area (Å²) in [6.45, 7) is 11.5. The van der Waals surface area contributed by atoms with Gasteiger partial charge >= 0.3 is 0 Å². The topological polar surface area (TPSA) is 67.6 Å². The van der Waals surface area contributed by atoms with Gasteiger partial charge < -0.3 is 15.8 Å². The highest BCUT2D eigenvalue weighted by Crippen LogP contribution is 2.18. The van der Waals surface area contributed by atoms with E-state index >= 15 is 0 Å². The first-order chi connectivity index (χ1) is 8.92. The molecule has 0 aliphatic carbocycles. The Morgan fingerprint density at radius 3 is 2.74 bits per heavy atom. The van der Waals surface area contributed by atoms with Gasteiger partial charge in [-0.25, -0.2) is 0 Å². The van der Waals surface area contributed by atoms with Gasteiger partial charge in [-0.2, -0.15) is 0 Å². The molecule has 3 N–H and O–H groups in total. The smallest absolute Gasteiger partial charge is 0.237 e. The summed E-state index contributed by atoms with van der Waals surface area (Å²) >= 11 is 0. The number of carbonyl (C=O) groups is 1. The molecule has 1 rings (SSSR count). The summed E-state index contributed by atoms with van der Waals surface area (Å²) in [5.41, 5.74) is 4.91. The minimum absolute atomic E-state index is 0.266. The zero-order chi connectivity index (χ0) is 14.5. The predicted octanol–water partition coefficient (Wildman–Crippen LogP) is 0.729. The molecule has 112 valence electrons. The molecule has 0 radical (unpaired) electrons. The lowest BCUT2D eigenvalue weighted by molar-refractivity contribution is -0.124. The van der Waals surface area contributed by atoms with Crippen LogP contribution in [0.25, 0.3) is 0 Å². The second-order valence-electron chi connectivity index (χ2n) is 5.68. The van der Waals surface area contributed by atoms with Gasteiger partial charge in [0, 0.05) is 19.1 Å². The van der Waals surface area contributed by atoms with E-state index in [0.29, 0.717) is 6.04 Å². The molecule has 0 spiro atoms. The van der Waals surface area contributed by atoms with Gasteiger partial charge in [-0.1, -0.05) is 13.8 Å². The van der Waals surface area contributed by atoms with E-state index in [1.807, 2.05) is 13.8 Å². The lowest BCUT2D eigenvalue weighted by Crippen LogP contribution is -2.56. The summed E-state index contributed by atoms with van der Waals surface area (Å²) < 4.78 is 5.69. The number of rotatable bonds is 7. The van der Waals surface area contributed by atoms with Crippen LogP contribution < -0.4 is 11.1 Å². The van der Waals surface area contributed by atoms with Gasteiger partial charge in [0.05, 0.1) is 18.2 Å². The van der Waals surface area contributed by atoms with Crippen molar-refractivity contribution < 1.29 is 9.53 Å². The minimum atomic E-state index is -0.616. The number of nitrogens with two attached hydrogens (primary N) is 1. The van der Waals surface area contributed by atoms with Crippen molar-refractivity contribution in [2.24, 2.45) is 5.73 Å². The van der Waals surface area contributed by atoms with Crippen LogP contribution >= 0.6 is 0 Å². The van der Waals surface area contributed by atoms with E-state index in [1.165, 1.54) is 0 Å². The van der Waals surface area contributed by atoms with Crippen LogP contribution in [0.15, 0.2) is 0 Å². The third kappa shape index (κ3) is 4.44. The van der Waals surface area contributed by atoms with Gasteiger partial charge in [0.2, 0.25) is 5.91 Å². The Balaban J connectivity index is 2.58. The lowest BCUT2D eigenvalue weighted by Gasteiger charge is -2.40. The number of nitrogens with zero attached hydrogens (tertiary/aromatic N) is 1. The quantitative estimate of drug-likeness (QED) is 0.716. The Hall–Kier alpha value is -0.650. The summed E-state index contributed by atoms with van der Waals surface area (Å²) in [5.74, 6) is -0.274. The number of primary amides is 1. The number of likely N-dealkylation sites (N-methyl/N-ethyl adjacent to an activating group) is 1. The van der Waals surface area contributed by atoms with Crippen molar-refractivity contribution in [3.05, 3.63) is 0 Å². The molecule has 0 saturated carbocycles. The molecule has 1 heterocycles. The first kappa shape index (κ1) is 16.4. The fourth-order valence-corrected chi connectivity index (χ4v) is 2.62. The van der Waals surface area contributed by atoms with Crippen molar-refractivity contribution in [1.29, 1.82) is 0 Å². The standard InChI is InChI=1S/C14H29N3O2/c1-5-12-10-19-11(3)9-17(12)8-7-14(4,13(15)18)16-6-2/h11-12,16H,5-10H2,1-4H3,(H2,15,18). The molecule has 1 saturated heterocycles. The molecule has 1 amide bonds. The van der Waals surface area contributed by atoms with Gasteiger partial charge in [0.1, 0.15) is 0 Å². The number of hydrogen-bond acceptors (Lipinski definition) is 4. The number of amides is 1. The van der Waals surface area contributed by atoms with Gasteiger partial charge in [-0.15, -0.1) is 0 Å². The second-order valence-corrected chi connectivity index (χ2v) is 5.68. The fraction of sp³-hybridized carbons (Fsp3) is 0.929. The Bertz CT molecular complexity index is 298. The van der Waals surface area contributed by atoms with Gasteiger partial charge in [0.25, 0.3) is 0 Å². The molecule has 3 unspecified atom stereocenters. The lowest BCUT2D eigenvalue weighted by atomic mass is 9.95. The summed E-state index contributed by atoms with van der Waals surface area (Å²) in [4.78, 5) is 14.0. The molecule has 5 heteroatoms. The van der Waals surface area contributed by atoms with Crippen molar-refractivity contribution in [2.75, 3.05) is 26.2 Å². The molecular formula is C14H29N3O2. The Morgan fingerprint density at radius 2 is 2.21 bits per heavy atom. The summed E-state index contributed by atoms with van der Waals surface area (Å²) in [7, 11) is 0. The summed E-state index contributed by atoms with van der Waals surface area (Å²) in [5, 5.41) is 3.21. The van der Waals surface area contributed by atoms with E-state index in [-0.39, 0.29) is 12.0 Å². The number of carbonyl (C=O) groups excluding carboxylic acids is 1.